The lowest BCUT2D eigenvalue weighted by Gasteiger charge is -2.27. The number of ether oxygens (including phenoxy) is 1. The van der Waals surface area contributed by atoms with E-state index in [2.05, 4.69) is 15.0 Å². The molecule has 1 saturated heterocycles. The van der Waals surface area contributed by atoms with Crippen molar-refractivity contribution >= 4 is 44.6 Å². The number of aromatic nitrogens is 4. The number of hydrogen-bond acceptors (Lipinski definition) is 11. The van der Waals surface area contributed by atoms with Crippen LogP contribution in [0.1, 0.15) is 12.6 Å². The summed E-state index contributed by atoms with van der Waals surface area (Å²) in [6.45, 7) is -0.695. The van der Waals surface area contributed by atoms with Gasteiger partial charge in [-0.2, -0.15) is 4.31 Å². The molecule has 0 saturated carbocycles. The molecule has 14 nitrogen and oxygen atoms in total. The summed E-state index contributed by atoms with van der Waals surface area (Å²) in [4.78, 5) is 23.1. The number of sulfonamides is 1. The van der Waals surface area contributed by atoms with Crippen LogP contribution in [0.15, 0.2) is 41.8 Å². The number of aliphatic carboxylic acids is 1. The van der Waals surface area contributed by atoms with Crippen LogP contribution >= 0.6 is 11.6 Å². The smallest absolute Gasteiger partial charge is 0.320 e. The number of halogens is 1. The van der Waals surface area contributed by atoms with Crippen molar-refractivity contribution in [1.82, 2.24) is 23.8 Å². The first-order valence-electron chi connectivity index (χ1n) is 10.7. The van der Waals surface area contributed by atoms with Crippen LogP contribution in [0.25, 0.3) is 11.2 Å². The number of nitrogens with two attached hydrogens (primary N) is 2. The van der Waals surface area contributed by atoms with Gasteiger partial charge in [0.25, 0.3) is 0 Å². The molecule has 0 unspecified atom stereocenters. The Morgan fingerprint density at radius 2 is 1.89 bits per heavy atom. The number of benzene rings is 1. The van der Waals surface area contributed by atoms with E-state index in [1.165, 1.54) is 41.5 Å². The fourth-order valence-corrected chi connectivity index (χ4v) is 5.43. The third kappa shape index (κ3) is 4.99. The van der Waals surface area contributed by atoms with E-state index in [0.717, 1.165) is 4.31 Å². The number of aliphatic hydroxyl groups excluding tert-OH is 2. The van der Waals surface area contributed by atoms with Crippen molar-refractivity contribution in [2.24, 2.45) is 5.73 Å². The molecule has 1 aromatic carbocycles. The van der Waals surface area contributed by atoms with Gasteiger partial charge in [0.1, 0.15) is 36.2 Å². The molecule has 4 rings (SSSR count). The number of aliphatic hydroxyl groups is 2. The fraction of sp³-hybridized carbons (Fsp3) is 0.400. The van der Waals surface area contributed by atoms with Crippen molar-refractivity contribution in [2.75, 3.05) is 18.8 Å². The molecule has 7 N–H and O–H groups in total. The van der Waals surface area contributed by atoms with Crippen molar-refractivity contribution in [3.63, 3.8) is 0 Å². The van der Waals surface area contributed by atoms with Gasteiger partial charge in [-0.15, -0.1) is 0 Å². The van der Waals surface area contributed by atoms with Gasteiger partial charge in [0.05, 0.1) is 11.2 Å². The third-order valence-corrected chi connectivity index (χ3v) is 7.97. The van der Waals surface area contributed by atoms with E-state index in [1.54, 1.807) is 0 Å². The van der Waals surface area contributed by atoms with Crippen molar-refractivity contribution in [1.29, 1.82) is 0 Å². The number of anilines is 1. The summed E-state index contributed by atoms with van der Waals surface area (Å²) in [7, 11) is -4.18. The highest BCUT2D eigenvalue weighted by atomic mass is 35.5. The van der Waals surface area contributed by atoms with E-state index in [9.17, 15) is 23.4 Å². The molecule has 0 bridgehead atoms. The minimum Gasteiger partial charge on any atom is -0.480 e. The molecule has 0 radical (unpaired) electrons. The van der Waals surface area contributed by atoms with Gasteiger partial charge in [-0.3, -0.25) is 9.36 Å². The van der Waals surface area contributed by atoms with Crippen LogP contribution in [-0.2, 0) is 19.6 Å². The Hall–Kier alpha value is -2.92. The van der Waals surface area contributed by atoms with Gasteiger partial charge in [0, 0.05) is 18.1 Å². The van der Waals surface area contributed by atoms with Crippen LogP contribution < -0.4 is 11.5 Å². The number of carboxylic acid groups (broad SMARTS) is 1. The van der Waals surface area contributed by atoms with E-state index in [0.29, 0.717) is 5.02 Å². The van der Waals surface area contributed by atoms with Gasteiger partial charge in [-0.05, 0) is 30.7 Å². The van der Waals surface area contributed by atoms with Crippen molar-refractivity contribution < 1.29 is 33.3 Å². The van der Waals surface area contributed by atoms with Crippen molar-refractivity contribution in [2.45, 2.75) is 41.9 Å². The molecule has 0 spiro atoms. The van der Waals surface area contributed by atoms with Gasteiger partial charge < -0.3 is 31.5 Å². The molecule has 5 atom stereocenters. The molecular formula is C20H24ClN7O7S. The lowest BCUT2D eigenvalue weighted by Crippen LogP contribution is -2.45. The summed E-state index contributed by atoms with van der Waals surface area (Å²) in [6.07, 6.45) is -3.01. The number of carbonyl (C=O) groups is 1. The monoisotopic (exact) mass is 541 g/mol. The number of carboxylic acids is 1. The van der Waals surface area contributed by atoms with Gasteiger partial charge in [0.15, 0.2) is 17.7 Å². The largest absolute Gasteiger partial charge is 0.480 e. The minimum atomic E-state index is -4.18. The molecule has 3 heterocycles. The Morgan fingerprint density at radius 3 is 2.56 bits per heavy atom. The van der Waals surface area contributed by atoms with E-state index in [-0.39, 0.29) is 34.8 Å². The van der Waals surface area contributed by atoms with E-state index in [4.69, 9.17) is 32.9 Å². The molecule has 194 valence electrons. The van der Waals surface area contributed by atoms with E-state index < -0.39 is 53.1 Å². The van der Waals surface area contributed by atoms with Crippen molar-refractivity contribution in [3.05, 3.63) is 41.9 Å². The Kier molecular flexibility index (Phi) is 7.42. The molecule has 2 aromatic heterocycles. The summed E-state index contributed by atoms with van der Waals surface area (Å²) < 4.78 is 34.9. The molecule has 1 aliphatic heterocycles. The summed E-state index contributed by atoms with van der Waals surface area (Å²) in [5.41, 5.74) is 11.9. The van der Waals surface area contributed by atoms with Gasteiger partial charge in [-0.1, -0.05) is 11.6 Å². The molecule has 36 heavy (non-hydrogen) atoms. The Bertz CT molecular complexity index is 1350. The zero-order chi connectivity index (χ0) is 26.2. The number of fused-ring (bicyclic) bond motifs is 1. The molecule has 1 fully saturated rings. The summed E-state index contributed by atoms with van der Waals surface area (Å²) >= 11 is 5.87. The summed E-state index contributed by atoms with van der Waals surface area (Å²) in [5.74, 6) is -1.18. The van der Waals surface area contributed by atoms with Gasteiger partial charge in [0.2, 0.25) is 10.0 Å². The SMILES string of the molecule is Nc1ncnc2c1ncn2[C@@H]1O[C@H](CN(CC[C@H](N)C(=O)O)S(=O)(=O)c2ccc(Cl)cc2)[C@@H](O)[C@H]1O. The van der Waals surface area contributed by atoms with Crippen LogP contribution in [-0.4, -0.2) is 91.0 Å². The quantitative estimate of drug-likeness (QED) is 0.224. The first-order valence-corrected chi connectivity index (χ1v) is 12.5. The van der Waals surface area contributed by atoms with Crippen LogP contribution in [0.4, 0.5) is 5.82 Å². The maximum atomic E-state index is 13.4. The number of imidazole rings is 1. The zero-order valence-electron chi connectivity index (χ0n) is 18.6. The average molecular weight is 542 g/mol. The van der Waals surface area contributed by atoms with Crippen LogP contribution in [0, 0.1) is 0 Å². The Morgan fingerprint density at radius 1 is 1.19 bits per heavy atom. The zero-order valence-corrected chi connectivity index (χ0v) is 20.2. The van der Waals surface area contributed by atoms with Gasteiger partial charge >= 0.3 is 5.97 Å². The van der Waals surface area contributed by atoms with Crippen molar-refractivity contribution in [3.8, 4) is 0 Å². The second kappa shape index (κ2) is 10.2. The standard InChI is InChI=1S/C20H24ClN7O7S/c21-10-1-3-11(4-2-10)36(33,34)27(6-5-12(22)20(31)32)7-13-15(29)16(30)19(35-13)28-9-26-14-17(23)24-8-25-18(14)28/h1-4,8-9,12-13,15-16,19,29-30H,5-7,22H2,(H,31,32)(H2,23,24,25)/t12-,13+,15+,16+,19+/m0/s1. The van der Waals surface area contributed by atoms with Crippen LogP contribution in [0.5, 0.6) is 0 Å². The molecule has 1 aliphatic rings. The fourth-order valence-electron chi connectivity index (χ4n) is 3.84. The van der Waals surface area contributed by atoms with Crippen LogP contribution in [0.3, 0.4) is 0 Å². The average Bonchev–Trinajstić information content (AvgIpc) is 3.38. The molecule has 16 heteroatoms. The maximum Gasteiger partial charge on any atom is 0.320 e. The highest BCUT2D eigenvalue weighted by molar-refractivity contribution is 7.89. The maximum absolute atomic E-state index is 13.4. The predicted octanol–water partition coefficient (Wildman–Crippen LogP) is -0.826. The Balaban J connectivity index is 1.61. The number of nitrogens with zero attached hydrogens (tertiary/aromatic N) is 5. The topological polar surface area (TPSA) is 220 Å². The highest BCUT2D eigenvalue weighted by Crippen LogP contribution is 2.33. The number of hydrogen-bond donors (Lipinski definition) is 5. The highest BCUT2D eigenvalue weighted by Gasteiger charge is 2.46. The van der Waals surface area contributed by atoms with E-state index in [1.807, 2.05) is 0 Å². The molecular weight excluding hydrogens is 518 g/mol. The van der Waals surface area contributed by atoms with E-state index >= 15 is 0 Å². The molecule has 0 aliphatic carbocycles. The Labute approximate surface area is 210 Å². The van der Waals surface area contributed by atoms with Gasteiger partial charge in [-0.25, -0.2) is 23.4 Å². The number of nitrogen functional groups attached to an aromatic ring is 1. The number of rotatable bonds is 9. The van der Waals surface area contributed by atoms with Crippen LogP contribution in [0.2, 0.25) is 5.02 Å². The lowest BCUT2D eigenvalue weighted by molar-refractivity contribution is -0.138. The predicted molar refractivity (Wildman–Crippen MR) is 126 cm³/mol. The summed E-state index contributed by atoms with van der Waals surface area (Å²) in [5, 5.41) is 30.9. The first-order chi connectivity index (χ1) is 17.0. The first kappa shape index (κ1) is 26.2. The minimum absolute atomic E-state index is 0.104. The normalized spacial score (nSPS) is 23.4. The molecule has 0 amide bonds. The lowest BCUT2D eigenvalue weighted by atomic mass is 10.1. The second-order valence-electron chi connectivity index (χ2n) is 8.18. The second-order valence-corrected chi connectivity index (χ2v) is 10.6. The third-order valence-electron chi connectivity index (χ3n) is 5.84. The molecule has 3 aromatic rings. The summed E-state index contributed by atoms with van der Waals surface area (Å²) in [6, 6.07) is 4.07.